The average Bonchev–Trinajstić information content (AvgIpc) is 2.95. The van der Waals surface area contributed by atoms with Crippen LogP contribution in [0.5, 0.6) is 5.75 Å². The molecule has 3 rings (SSSR count). The van der Waals surface area contributed by atoms with Crippen molar-refractivity contribution in [2.75, 3.05) is 0 Å². The zero-order chi connectivity index (χ0) is 18.9. The normalized spacial score (nSPS) is 12.0. The van der Waals surface area contributed by atoms with Crippen LogP contribution in [0.15, 0.2) is 36.4 Å². The number of benzene rings is 2. The van der Waals surface area contributed by atoms with Gasteiger partial charge in [0.1, 0.15) is 22.8 Å². The second kappa shape index (κ2) is 6.98. The maximum atomic E-state index is 14.5. The Balaban J connectivity index is 1.91. The Morgan fingerprint density at radius 2 is 2.04 bits per heavy atom. The summed E-state index contributed by atoms with van der Waals surface area (Å²) in [7, 11) is -3.84. The first kappa shape index (κ1) is 18.2. The minimum absolute atomic E-state index is 0.0263. The van der Waals surface area contributed by atoms with E-state index in [1.54, 1.807) is 24.3 Å². The first-order valence-electron chi connectivity index (χ1n) is 7.81. The molecule has 2 aromatic carbocycles. The smallest absolute Gasteiger partial charge is 0.274 e. The number of rotatable bonds is 6. The van der Waals surface area contributed by atoms with Crippen LogP contribution in [-0.4, -0.2) is 29.5 Å². The molecule has 0 unspecified atom stereocenters. The van der Waals surface area contributed by atoms with Crippen LogP contribution in [0.3, 0.4) is 0 Å². The molecule has 0 saturated heterocycles. The van der Waals surface area contributed by atoms with E-state index in [0.717, 1.165) is 0 Å². The molecule has 0 aliphatic rings. The molecule has 8 nitrogen and oxygen atoms in total. The van der Waals surface area contributed by atoms with Crippen LogP contribution in [0.25, 0.3) is 16.7 Å². The third-order valence-electron chi connectivity index (χ3n) is 3.51. The van der Waals surface area contributed by atoms with Crippen LogP contribution in [-0.2, 0) is 16.8 Å². The van der Waals surface area contributed by atoms with Crippen molar-refractivity contribution in [1.82, 2.24) is 19.7 Å². The third kappa shape index (κ3) is 4.15. The minimum Gasteiger partial charge on any atom is -0.491 e. The Morgan fingerprint density at radius 1 is 1.27 bits per heavy atom. The molecule has 0 radical (unpaired) electrons. The summed E-state index contributed by atoms with van der Waals surface area (Å²) in [6.07, 6.45) is 0.0263. The highest BCUT2D eigenvalue weighted by molar-refractivity contribution is 7.87. The summed E-state index contributed by atoms with van der Waals surface area (Å²) < 4.78 is 45.4. The van der Waals surface area contributed by atoms with Gasteiger partial charge in [-0.1, -0.05) is 11.3 Å². The van der Waals surface area contributed by atoms with Crippen LogP contribution in [0, 0.1) is 5.82 Å². The molecule has 0 spiro atoms. The second-order valence-corrected chi connectivity index (χ2v) is 7.35. The summed E-state index contributed by atoms with van der Waals surface area (Å²) in [4.78, 5) is 0. The van der Waals surface area contributed by atoms with Crippen LogP contribution in [0.2, 0.25) is 0 Å². The van der Waals surface area contributed by atoms with Gasteiger partial charge < -0.3 is 4.74 Å². The summed E-state index contributed by atoms with van der Waals surface area (Å²) >= 11 is 0. The van der Waals surface area contributed by atoms with Gasteiger partial charge in [-0.2, -0.15) is 13.1 Å². The molecule has 0 atom stereocenters. The summed E-state index contributed by atoms with van der Waals surface area (Å²) in [6.45, 7) is 3.73. The number of aromatic nitrogens is 3. The van der Waals surface area contributed by atoms with Crippen molar-refractivity contribution in [3.05, 3.63) is 47.8 Å². The highest BCUT2D eigenvalue weighted by atomic mass is 32.2. The predicted molar refractivity (Wildman–Crippen MR) is 94.5 cm³/mol. The van der Waals surface area contributed by atoms with E-state index in [9.17, 15) is 12.8 Å². The molecule has 1 aromatic heterocycles. The lowest BCUT2D eigenvalue weighted by Gasteiger charge is -2.10. The second-order valence-electron chi connectivity index (χ2n) is 5.97. The number of nitrogens with one attached hydrogen (secondary N) is 1. The predicted octanol–water partition coefficient (Wildman–Crippen LogP) is 1.64. The lowest BCUT2D eigenvalue weighted by Crippen LogP contribution is -2.30. The maximum Gasteiger partial charge on any atom is 0.274 e. The molecular formula is C16H18FN5O3S. The van der Waals surface area contributed by atoms with Crippen LogP contribution < -0.4 is 14.6 Å². The van der Waals surface area contributed by atoms with E-state index >= 15 is 0 Å². The van der Waals surface area contributed by atoms with Crippen molar-refractivity contribution < 1.29 is 17.5 Å². The van der Waals surface area contributed by atoms with Crippen LogP contribution in [0.1, 0.15) is 19.4 Å². The molecule has 0 bridgehead atoms. The first-order valence-corrected chi connectivity index (χ1v) is 9.36. The summed E-state index contributed by atoms with van der Waals surface area (Å²) in [5.74, 6) is 0.0949. The van der Waals surface area contributed by atoms with Crippen molar-refractivity contribution in [1.29, 1.82) is 0 Å². The molecule has 0 amide bonds. The Hall–Kier alpha value is -2.56. The molecule has 10 heteroatoms. The molecular weight excluding hydrogens is 361 g/mol. The molecule has 0 fully saturated rings. The topological polar surface area (TPSA) is 112 Å². The fourth-order valence-electron chi connectivity index (χ4n) is 2.44. The van der Waals surface area contributed by atoms with Gasteiger partial charge in [-0.3, -0.25) is 0 Å². The SMILES string of the molecule is CC(C)Oc1ccc2c(c1)nnn2-c1ccc(CNS(N)(=O)=O)cc1F. The van der Waals surface area contributed by atoms with E-state index < -0.39 is 16.0 Å². The number of hydrogen-bond donors (Lipinski definition) is 2. The Morgan fingerprint density at radius 3 is 2.69 bits per heavy atom. The lowest BCUT2D eigenvalue weighted by molar-refractivity contribution is 0.242. The van der Waals surface area contributed by atoms with Crippen molar-refractivity contribution >= 4 is 21.2 Å². The minimum atomic E-state index is -3.84. The van der Waals surface area contributed by atoms with Gasteiger partial charge in [-0.25, -0.2) is 14.2 Å². The zero-order valence-electron chi connectivity index (χ0n) is 14.2. The number of fused-ring (bicyclic) bond motifs is 1. The van der Waals surface area contributed by atoms with E-state index in [4.69, 9.17) is 9.88 Å². The number of hydrogen-bond acceptors (Lipinski definition) is 5. The van der Waals surface area contributed by atoms with E-state index in [-0.39, 0.29) is 18.3 Å². The largest absolute Gasteiger partial charge is 0.491 e. The summed E-state index contributed by atoms with van der Waals surface area (Å²) in [5.41, 5.74) is 1.82. The van der Waals surface area contributed by atoms with Crippen molar-refractivity contribution in [3.63, 3.8) is 0 Å². The highest BCUT2D eigenvalue weighted by Gasteiger charge is 2.13. The molecule has 3 aromatic rings. The third-order valence-corrected chi connectivity index (χ3v) is 4.05. The van der Waals surface area contributed by atoms with Gasteiger partial charge >= 0.3 is 0 Å². The summed E-state index contributed by atoms with van der Waals surface area (Å²) in [5, 5.41) is 12.9. The fraction of sp³-hybridized carbons (Fsp3) is 0.250. The first-order chi connectivity index (χ1) is 12.2. The van der Waals surface area contributed by atoms with Crippen molar-refractivity contribution in [3.8, 4) is 11.4 Å². The molecule has 138 valence electrons. The zero-order valence-corrected chi connectivity index (χ0v) is 15.0. The van der Waals surface area contributed by atoms with E-state index in [1.165, 1.54) is 16.8 Å². The molecule has 1 heterocycles. The van der Waals surface area contributed by atoms with Gasteiger partial charge in [0.05, 0.1) is 11.6 Å². The molecule has 26 heavy (non-hydrogen) atoms. The number of ether oxygens (including phenoxy) is 1. The summed E-state index contributed by atoms with van der Waals surface area (Å²) in [6, 6.07) is 9.56. The van der Waals surface area contributed by atoms with E-state index in [1.807, 2.05) is 13.8 Å². The Kier molecular flexibility index (Phi) is 4.90. The van der Waals surface area contributed by atoms with E-state index in [0.29, 0.717) is 22.3 Å². The molecule has 0 aliphatic heterocycles. The van der Waals surface area contributed by atoms with Gasteiger partial charge in [0.2, 0.25) is 0 Å². The van der Waals surface area contributed by atoms with Gasteiger partial charge in [0.15, 0.2) is 0 Å². The van der Waals surface area contributed by atoms with Gasteiger partial charge in [0.25, 0.3) is 10.2 Å². The molecule has 0 saturated carbocycles. The van der Waals surface area contributed by atoms with Crippen molar-refractivity contribution in [2.24, 2.45) is 5.14 Å². The Labute approximate surface area is 149 Å². The van der Waals surface area contributed by atoms with Gasteiger partial charge in [-0.05, 0) is 43.7 Å². The van der Waals surface area contributed by atoms with Crippen molar-refractivity contribution in [2.45, 2.75) is 26.5 Å². The monoisotopic (exact) mass is 379 g/mol. The quantitative estimate of drug-likeness (QED) is 0.676. The average molecular weight is 379 g/mol. The number of nitrogens with two attached hydrogens (primary N) is 1. The Bertz CT molecular complexity index is 1050. The molecule has 0 aliphatic carbocycles. The fourth-order valence-corrected chi connectivity index (χ4v) is 2.81. The number of halogens is 1. The maximum absolute atomic E-state index is 14.5. The van der Waals surface area contributed by atoms with Gasteiger partial charge in [0, 0.05) is 12.6 Å². The van der Waals surface area contributed by atoms with E-state index in [2.05, 4.69) is 15.0 Å². The van der Waals surface area contributed by atoms with Gasteiger partial charge in [-0.15, -0.1) is 5.10 Å². The standard InChI is InChI=1S/C16H18FN5O3S/c1-10(2)25-12-4-6-16-14(8-12)20-21-22(16)15-5-3-11(7-13(15)17)9-19-26(18,23)24/h3-8,10,19H,9H2,1-2H3,(H2,18,23,24). The number of nitrogens with zero attached hydrogens (tertiary/aromatic N) is 3. The van der Waals surface area contributed by atoms with Crippen LogP contribution in [0.4, 0.5) is 4.39 Å². The lowest BCUT2D eigenvalue weighted by atomic mass is 10.2. The highest BCUT2D eigenvalue weighted by Crippen LogP contribution is 2.24. The van der Waals surface area contributed by atoms with Crippen LogP contribution >= 0.6 is 0 Å². The molecule has 3 N–H and O–H groups in total.